The lowest BCUT2D eigenvalue weighted by atomic mass is 10.0. The zero-order chi connectivity index (χ0) is 26.6. The first-order valence-electron chi connectivity index (χ1n) is 13.3. The summed E-state index contributed by atoms with van der Waals surface area (Å²) in [6, 6.07) is 19.0. The Morgan fingerprint density at radius 2 is 1.68 bits per heavy atom. The number of pyridine rings is 1. The molecule has 0 unspecified atom stereocenters. The summed E-state index contributed by atoms with van der Waals surface area (Å²) in [7, 11) is 2.19. The lowest BCUT2D eigenvalue weighted by Crippen LogP contribution is -2.55. The number of ketones is 1. The van der Waals surface area contributed by atoms with Crippen molar-refractivity contribution in [3.8, 4) is 11.6 Å². The molecular weight excluding hydrogens is 474 g/mol. The Kier molecular flexibility index (Phi) is 7.65. The third-order valence-corrected chi connectivity index (χ3v) is 7.51. The number of hydrogen-bond acceptors (Lipinski definition) is 7. The molecule has 7 heteroatoms. The number of ether oxygens (including phenoxy) is 1. The minimum atomic E-state index is 0.209. The largest absolute Gasteiger partial charge is 0.438 e. The van der Waals surface area contributed by atoms with Gasteiger partial charge in [-0.05, 0) is 81.8 Å². The van der Waals surface area contributed by atoms with E-state index in [2.05, 4.69) is 57.8 Å². The second kappa shape index (κ2) is 11.3. The predicted molar refractivity (Wildman–Crippen MR) is 151 cm³/mol. The number of anilines is 1. The predicted octanol–water partition coefficient (Wildman–Crippen LogP) is 5.40. The summed E-state index contributed by atoms with van der Waals surface area (Å²) in [6.45, 7) is 8.46. The van der Waals surface area contributed by atoms with Gasteiger partial charge >= 0.3 is 0 Å². The molecule has 1 aliphatic rings. The van der Waals surface area contributed by atoms with Gasteiger partial charge < -0.3 is 9.64 Å². The van der Waals surface area contributed by atoms with E-state index < -0.39 is 0 Å². The van der Waals surface area contributed by atoms with E-state index in [1.807, 2.05) is 55.6 Å². The van der Waals surface area contributed by atoms with Crippen molar-refractivity contribution in [1.29, 1.82) is 0 Å². The SMILES string of the molecule is Cc1ccc(CCC(=O)Cc2ccc(Oc3ncnc4cc(N5C[C@@H](C)N(C)[C@@H](C)C5)ccc34)cc2)cn1. The molecule has 4 aromatic rings. The van der Waals surface area contributed by atoms with E-state index in [-0.39, 0.29) is 5.78 Å². The van der Waals surface area contributed by atoms with Gasteiger partial charge in [-0.1, -0.05) is 18.2 Å². The van der Waals surface area contributed by atoms with Gasteiger partial charge in [-0.2, -0.15) is 0 Å². The minimum absolute atomic E-state index is 0.209. The molecule has 0 spiro atoms. The summed E-state index contributed by atoms with van der Waals surface area (Å²) in [5.41, 5.74) is 5.07. The zero-order valence-corrected chi connectivity index (χ0v) is 22.6. The number of aromatic nitrogens is 3. The number of carbonyl (C=O) groups is 1. The molecule has 0 bridgehead atoms. The second-order valence-corrected chi connectivity index (χ2v) is 10.4. The van der Waals surface area contributed by atoms with Crippen LogP contribution in [0.3, 0.4) is 0 Å². The maximum atomic E-state index is 12.5. The van der Waals surface area contributed by atoms with Crippen molar-refractivity contribution in [2.45, 2.75) is 52.1 Å². The van der Waals surface area contributed by atoms with Gasteiger partial charge in [-0.15, -0.1) is 0 Å². The number of Topliss-reactive ketones (excluding diaryl/α,β-unsaturated/α-hetero) is 1. The van der Waals surface area contributed by atoms with Crippen molar-refractivity contribution in [3.63, 3.8) is 0 Å². The molecule has 0 radical (unpaired) electrons. The average Bonchev–Trinajstić information content (AvgIpc) is 2.92. The van der Waals surface area contributed by atoms with E-state index >= 15 is 0 Å². The topological polar surface area (TPSA) is 71.5 Å². The molecule has 1 saturated heterocycles. The summed E-state index contributed by atoms with van der Waals surface area (Å²) >= 11 is 0. The Hall–Kier alpha value is -3.84. The molecule has 2 atom stereocenters. The number of benzene rings is 2. The minimum Gasteiger partial charge on any atom is -0.438 e. The molecule has 1 fully saturated rings. The van der Waals surface area contributed by atoms with Crippen LogP contribution in [0.4, 0.5) is 5.69 Å². The van der Waals surface area contributed by atoms with Crippen LogP contribution in [-0.2, 0) is 17.6 Å². The number of fused-ring (bicyclic) bond motifs is 1. The highest BCUT2D eigenvalue weighted by atomic mass is 16.5. The molecule has 5 rings (SSSR count). The smallest absolute Gasteiger partial charge is 0.230 e. The summed E-state index contributed by atoms with van der Waals surface area (Å²) < 4.78 is 6.14. The average molecular weight is 510 g/mol. The molecule has 0 aliphatic carbocycles. The Morgan fingerprint density at radius 3 is 2.39 bits per heavy atom. The van der Waals surface area contributed by atoms with Crippen LogP contribution in [0.25, 0.3) is 10.9 Å². The highest BCUT2D eigenvalue weighted by Gasteiger charge is 2.26. The summed E-state index contributed by atoms with van der Waals surface area (Å²) in [5.74, 6) is 1.41. The van der Waals surface area contributed by atoms with Crippen molar-refractivity contribution >= 4 is 22.4 Å². The third-order valence-electron chi connectivity index (χ3n) is 7.51. The van der Waals surface area contributed by atoms with Crippen LogP contribution in [0.1, 0.15) is 37.1 Å². The van der Waals surface area contributed by atoms with Crippen molar-refractivity contribution in [2.24, 2.45) is 0 Å². The molecule has 2 aromatic heterocycles. The van der Waals surface area contributed by atoms with Crippen molar-refractivity contribution in [3.05, 3.63) is 83.9 Å². The summed E-state index contributed by atoms with van der Waals surface area (Å²) in [6.07, 6.45) is 5.02. The van der Waals surface area contributed by atoms with Crippen LogP contribution in [-0.4, -0.2) is 57.9 Å². The first-order chi connectivity index (χ1) is 18.4. The number of rotatable bonds is 8. The Balaban J connectivity index is 1.22. The standard InChI is InChI=1S/C31H35N5O2/c1-21-5-6-25(17-32-21)7-11-27(37)15-24-8-12-28(13-9-24)38-31-29-14-10-26(16-30(29)33-20-34-31)36-18-22(2)35(4)23(3)19-36/h5-6,8-10,12-14,16-17,20,22-23H,7,11,15,18-19H2,1-4H3/t22-,23+. The fourth-order valence-corrected chi connectivity index (χ4v) is 4.95. The van der Waals surface area contributed by atoms with Crippen molar-refractivity contribution in [2.75, 3.05) is 25.0 Å². The number of likely N-dealkylation sites (N-methyl/N-ethyl adjacent to an activating group) is 1. The Morgan fingerprint density at radius 1 is 0.947 bits per heavy atom. The lowest BCUT2D eigenvalue weighted by Gasteiger charge is -2.43. The first-order valence-corrected chi connectivity index (χ1v) is 13.3. The molecular formula is C31H35N5O2. The van der Waals surface area contributed by atoms with Crippen LogP contribution in [0.15, 0.2) is 67.1 Å². The van der Waals surface area contributed by atoms with E-state index in [4.69, 9.17) is 4.74 Å². The Bertz CT molecular complexity index is 1390. The highest BCUT2D eigenvalue weighted by Crippen LogP contribution is 2.30. The van der Waals surface area contributed by atoms with Gasteiger partial charge in [0.25, 0.3) is 0 Å². The molecule has 2 aromatic carbocycles. The van der Waals surface area contributed by atoms with Gasteiger partial charge in [0.1, 0.15) is 17.9 Å². The summed E-state index contributed by atoms with van der Waals surface area (Å²) in [5, 5.41) is 0.872. The highest BCUT2D eigenvalue weighted by molar-refractivity contribution is 5.86. The maximum absolute atomic E-state index is 12.5. The van der Waals surface area contributed by atoms with E-state index in [1.54, 1.807) is 6.33 Å². The van der Waals surface area contributed by atoms with Gasteiger partial charge in [0, 0.05) is 55.6 Å². The molecule has 0 N–H and O–H groups in total. The van der Waals surface area contributed by atoms with Crippen molar-refractivity contribution < 1.29 is 9.53 Å². The number of carbonyl (C=O) groups excluding carboxylic acids is 1. The molecule has 7 nitrogen and oxygen atoms in total. The molecule has 1 aliphatic heterocycles. The fourth-order valence-electron chi connectivity index (χ4n) is 4.95. The van der Waals surface area contributed by atoms with Gasteiger partial charge in [0.2, 0.25) is 5.88 Å². The molecule has 0 saturated carbocycles. The van der Waals surface area contributed by atoms with E-state index in [9.17, 15) is 4.79 Å². The van der Waals surface area contributed by atoms with Crippen LogP contribution in [0.5, 0.6) is 11.6 Å². The van der Waals surface area contributed by atoms with E-state index in [0.717, 1.165) is 40.8 Å². The Labute approximate surface area is 224 Å². The monoisotopic (exact) mass is 509 g/mol. The van der Waals surface area contributed by atoms with Gasteiger partial charge in [0.15, 0.2) is 0 Å². The lowest BCUT2D eigenvalue weighted by molar-refractivity contribution is -0.118. The number of aryl methyl sites for hydroxylation is 2. The normalized spacial score (nSPS) is 18.1. The van der Waals surface area contributed by atoms with Gasteiger partial charge in [0.05, 0.1) is 10.9 Å². The zero-order valence-electron chi connectivity index (χ0n) is 22.6. The molecule has 3 heterocycles. The van der Waals surface area contributed by atoms with E-state index in [1.165, 1.54) is 5.69 Å². The molecule has 196 valence electrons. The number of nitrogens with zero attached hydrogens (tertiary/aromatic N) is 5. The van der Waals surface area contributed by atoms with Crippen LogP contribution in [0.2, 0.25) is 0 Å². The maximum Gasteiger partial charge on any atom is 0.230 e. The van der Waals surface area contributed by atoms with Crippen LogP contribution < -0.4 is 9.64 Å². The summed E-state index contributed by atoms with van der Waals surface area (Å²) in [4.78, 5) is 30.6. The van der Waals surface area contributed by atoms with Crippen molar-refractivity contribution in [1.82, 2.24) is 19.9 Å². The fraction of sp³-hybridized carbons (Fsp3) is 0.355. The quantitative estimate of drug-likeness (QED) is 0.315. The first kappa shape index (κ1) is 25.8. The van der Waals surface area contributed by atoms with Crippen LogP contribution in [0, 0.1) is 6.92 Å². The molecule has 38 heavy (non-hydrogen) atoms. The second-order valence-electron chi connectivity index (χ2n) is 10.4. The van der Waals surface area contributed by atoms with Gasteiger partial charge in [-0.3, -0.25) is 14.7 Å². The van der Waals surface area contributed by atoms with E-state index in [0.29, 0.717) is 43.0 Å². The molecule has 0 amide bonds. The number of piperazine rings is 1. The van der Waals surface area contributed by atoms with Crippen LogP contribution >= 0.6 is 0 Å². The number of hydrogen-bond donors (Lipinski definition) is 0. The van der Waals surface area contributed by atoms with Gasteiger partial charge in [-0.25, -0.2) is 9.97 Å². The third kappa shape index (κ3) is 6.00.